The second-order valence-corrected chi connectivity index (χ2v) is 12.4. The van der Waals surface area contributed by atoms with Crippen LogP contribution in [-0.4, -0.2) is 107 Å². The van der Waals surface area contributed by atoms with Crippen molar-refractivity contribution in [3.63, 3.8) is 0 Å². The number of likely N-dealkylation sites (tertiary alicyclic amines) is 2. The van der Waals surface area contributed by atoms with Gasteiger partial charge in [-0.1, -0.05) is 0 Å². The quantitative estimate of drug-likeness (QED) is 0.539. The van der Waals surface area contributed by atoms with E-state index in [0.29, 0.717) is 0 Å². The Morgan fingerprint density at radius 3 is 1.90 bits per heavy atom. The van der Waals surface area contributed by atoms with Gasteiger partial charge >= 0.3 is 0 Å². The minimum absolute atomic E-state index is 0.337. The first-order valence-electron chi connectivity index (χ1n) is 15.8. The number of fused-ring (bicyclic) bond motifs is 2. The first kappa shape index (κ1) is 27.0. The Morgan fingerprint density at radius 1 is 0.675 bits per heavy atom. The molecule has 0 amide bonds. The van der Waals surface area contributed by atoms with Gasteiger partial charge in [0.25, 0.3) is 0 Å². The van der Waals surface area contributed by atoms with Gasteiger partial charge in [0.05, 0.1) is 51.4 Å². The predicted octanol–water partition coefficient (Wildman–Crippen LogP) is 2.42. The zero-order valence-corrected chi connectivity index (χ0v) is 24.0. The summed E-state index contributed by atoms with van der Waals surface area (Å²) in [7, 11) is 0. The minimum atomic E-state index is -0.337. The van der Waals surface area contributed by atoms with Crippen LogP contribution in [0.3, 0.4) is 0 Å². The van der Waals surface area contributed by atoms with Crippen molar-refractivity contribution in [3.05, 3.63) is 34.9 Å². The van der Waals surface area contributed by atoms with E-state index in [1.165, 1.54) is 74.4 Å². The molecule has 4 fully saturated rings. The lowest BCUT2D eigenvalue weighted by atomic mass is 9.92. The summed E-state index contributed by atoms with van der Waals surface area (Å²) in [5, 5.41) is 9.34. The second-order valence-electron chi connectivity index (χ2n) is 12.4. The SMILES string of the molecule is c1c2c(nn1CCN1CCCC1)CCC1(C2)OCCO1.c1nn(CCN2CCCC2)c2c1CC1(CC2)OCCO1. The van der Waals surface area contributed by atoms with Crippen molar-refractivity contribution >= 4 is 0 Å². The zero-order chi connectivity index (χ0) is 26.8. The van der Waals surface area contributed by atoms with Gasteiger partial charge in [-0.15, -0.1) is 0 Å². The Kier molecular flexibility index (Phi) is 7.99. The maximum absolute atomic E-state index is 5.82. The first-order valence-corrected chi connectivity index (χ1v) is 15.8. The van der Waals surface area contributed by atoms with E-state index in [-0.39, 0.29) is 11.6 Å². The molecule has 0 bridgehead atoms. The maximum Gasteiger partial charge on any atom is 0.172 e. The van der Waals surface area contributed by atoms with Crippen molar-refractivity contribution < 1.29 is 18.9 Å². The first-order chi connectivity index (χ1) is 19.7. The van der Waals surface area contributed by atoms with Crippen LogP contribution in [0, 0.1) is 0 Å². The van der Waals surface area contributed by atoms with Gasteiger partial charge in [0.2, 0.25) is 0 Å². The summed E-state index contributed by atoms with van der Waals surface area (Å²) < 4.78 is 27.6. The average Bonchev–Trinajstić information content (AvgIpc) is 3.81. The number of aryl methyl sites for hydroxylation is 1. The van der Waals surface area contributed by atoms with Crippen molar-refractivity contribution in [1.29, 1.82) is 0 Å². The van der Waals surface area contributed by atoms with Crippen LogP contribution in [0.25, 0.3) is 0 Å². The average molecular weight is 555 g/mol. The number of hydrogen-bond donors (Lipinski definition) is 0. The van der Waals surface area contributed by atoms with Crippen LogP contribution in [0.2, 0.25) is 0 Å². The standard InChI is InChI=1S/2C15H23N3O2/c1-2-6-17(5-1)7-8-18-12-13-11-15(19-9-10-20-15)4-3-14(13)16-18;1-2-6-17(5-1)7-8-18-14-3-4-15(19-9-10-20-15)11-13(14)12-16-18/h2*12H,1-11H2. The molecule has 2 aromatic rings. The van der Waals surface area contributed by atoms with E-state index >= 15 is 0 Å². The molecular formula is C30H46N6O4. The predicted molar refractivity (Wildman–Crippen MR) is 149 cm³/mol. The van der Waals surface area contributed by atoms with Crippen LogP contribution in [-0.2, 0) is 57.7 Å². The fourth-order valence-electron chi connectivity index (χ4n) is 7.41. The number of hydrogen-bond acceptors (Lipinski definition) is 8. The van der Waals surface area contributed by atoms with Crippen LogP contribution in [0.15, 0.2) is 12.4 Å². The van der Waals surface area contributed by atoms with E-state index in [1.54, 1.807) is 0 Å². The molecule has 0 radical (unpaired) electrons. The summed E-state index contributed by atoms with van der Waals surface area (Å²) in [6.07, 6.45) is 15.3. The van der Waals surface area contributed by atoms with Crippen molar-refractivity contribution in [2.45, 2.75) is 88.9 Å². The Labute approximate surface area is 237 Å². The second kappa shape index (κ2) is 11.8. The molecule has 2 aliphatic carbocycles. The van der Waals surface area contributed by atoms with E-state index in [9.17, 15) is 0 Å². The summed E-state index contributed by atoms with van der Waals surface area (Å²) in [6, 6.07) is 0. The zero-order valence-electron chi connectivity index (χ0n) is 24.0. The monoisotopic (exact) mass is 554 g/mol. The van der Waals surface area contributed by atoms with Gasteiger partial charge < -0.3 is 28.7 Å². The molecule has 2 spiro atoms. The molecule has 2 aromatic heterocycles. The number of rotatable bonds is 6. The van der Waals surface area contributed by atoms with Crippen molar-refractivity contribution in [3.8, 4) is 0 Å². The van der Waals surface area contributed by atoms with Crippen LogP contribution >= 0.6 is 0 Å². The van der Waals surface area contributed by atoms with Crippen molar-refractivity contribution in [2.75, 3.05) is 65.7 Å². The highest BCUT2D eigenvalue weighted by atomic mass is 16.7. The fourth-order valence-corrected chi connectivity index (χ4v) is 7.41. The van der Waals surface area contributed by atoms with Crippen LogP contribution in [0.5, 0.6) is 0 Å². The summed E-state index contributed by atoms with van der Waals surface area (Å²) in [5.41, 5.74) is 5.28. The molecule has 0 unspecified atom stereocenters. The lowest BCUT2D eigenvalue weighted by molar-refractivity contribution is -0.164. The van der Waals surface area contributed by atoms with E-state index < -0.39 is 0 Å². The smallest absolute Gasteiger partial charge is 0.172 e. The lowest BCUT2D eigenvalue weighted by Crippen LogP contribution is -2.37. The number of nitrogens with zero attached hydrogens (tertiary/aromatic N) is 6. The summed E-state index contributed by atoms with van der Waals surface area (Å²) >= 11 is 0. The molecule has 0 atom stereocenters. The van der Waals surface area contributed by atoms with E-state index in [2.05, 4.69) is 30.5 Å². The van der Waals surface area contributed by atoms with Gasteiger partial charge in [0, 0.05) is 50.7 Å². The molecule has 4 saturated heterocycles. The normalized spacial score (nSPS) is 25.4. The van der Waals surface area contributed by atoms with Crippen LogP contribution in [0.1, 0.15) is 61.0 Å². The molecule has 10 heteroatoms. The highest BCUT2D eigenvalue weighted by molar-refractivity contribution is 5.24. The van der Waals surface area contributed by atoms with E-state index in [4.69, 9.17) is 24.0 Å². The Balaban J connectivity index is 0.000000132. The van der Waals surface area contributed by atoms with Gasteiger partial charge in [-0.05, 0) is 75.8 Å². The van der Waals surface area contributed by atoms with Gasteiger partial charge in [-0.25, -0.2) is 0 Å². The molecule has 220 valence electrons. The lowest BCUT2D eigenvalue weighted by Gasteiger charge is -2.31. The van der Waals surface area contributed by atoms with E-state index in [0.717, 1.165) is 91.1 Å². The molecule has 0 aromatic carbocycles. The molecule has 6 heterocycles. The highest BCUT2D eigenvalue weighted by Crippen LogP contribution is 2.36. The number of ether oxygens (including phenoxy) is 4. The molecule has 0 saturated carbocycles. The Hall–Kier alpha value is -1.82. The number of aromatic nitrogens is 4. The third-order valence-electron chi connectivity index (χ3n) is 9.66. The van der Waals surface area contributed by atoms with Crippen molar-refractivity contribution in [1.82, 2.24) is 29.4 Å². The topological polar surface area (TPSA) is 79.0 Å². The highest BCUT2D eigenvalue weighted by Gasteiger charge is 2.42. The maximum atomic E-state index is 5.82. The third kappa shape index (κ3) is 5.89. The van der Waals surface area contributed by atoms with Crippen LogP contribution < -0.4 is 0 Å². The molecule has 8 rings (SSSR count). The van der Waals surface area contributed by atoms with Crippen LogP contribution in [0.4, 0.5) is 0 Å². The molecule has 4 aliphatic heterocycles. The molecular weight excluding hydrogens is 508 g/mol. The molecule has 40 heavy (non-hydrogen) atoms. The largest absolute Gasteiger partial charge is 0.347 e. The minimum Gasteiger partial charge on any atom is -0.347 e. The van der Waals surface area contributed by atoms with Gasteiger partial charge in [-0.3, -0.25) is 9.36 Å². The van der Waals surface area contributed by atoms with Gasteiger partial charge in [0.1, 0.15) is 0 Å². The fraction of sp³-hybridized carbons (Fsp3) is 0.800. The summed E-state index contributed by atoms with van der Waals surface area (Å²) in [5.74, 6) is -0.675. The Bertz CT molecular complexity index is 1110. The van der Waals surface area contributed by atoms with E-state index in [1.807, 2.05) is 6.20 Å². The van der Waals surface area contributed by atoms with Crippen molar-refractivity contribution in [2.24, 2.45) is 0 Å². The third-order valence-corrected chi connectivity index (χ3v) is 9.66. The van der Waals surface area contributed by atoms with Gasteiger partial charge in [-0.2, -0.15) is 10.2 Å². The molecule has 6 aliphatic rings. The van der Waals surface area contributed by atoms with Gasteiger partial charge in [0.15, 0.2) is 11.6 Å². The molecule has 0 N–H and O–H groups in total. The summed E-state index contributed by atoms with van der Waals surface area (Å²) in [4.78, 5) is 5.08. The molecule has 10 nitrogen and oxygen atoms in total. The Morgan fingerprint density at radius 2 is 1.25 bits per heavy atom. The summed E-state index contributed by atoms with van der Waals surface area (Å²) in [6.45, 7) is 12.2.